The number of aromatic nitrogens is 2. The summed E-state index contributed by atoms with van der Waals surface area (Å²) in [6, 6.07) is 7.16. The summed E-state index contributed by atoms with van der Waals surface area (Å²) >= 11 is 5.78. The zero-order valence-corrected chi connectivity index (χ0v) is 9.27. The van der Waals surface area contributed by atoms with Crippen LogP contribution in [-0.2, 0) is 7.05 Å². The van der Waals surface area contributed by atoms with Crippen molar-refractivity contribution in [3.63, 3.8) is 0 Å². The van der Waals surface area contributed by atoms with E-state index < -0.39 is 5.97 Å². The van der Waals surface area contributed by atoms with Gasteiger partial charge in [-0.2, -0.15) is 0 Å². The zero-order valence-electron chi connectivity index (χ0n) is 8.51. The van der Waals surface area contributed by atoms with E-state index in [1.165, 1.54) is 10.8 Å². The quantitative estimate of drug-likeness (QED) is 0.871. The van der Waals surface area contributed by atoms with Crippen molar-refractivity contribution in [1.29, 1.82) is 0 Å². The van der Waals surface area contributed by atoms with Gasteiger partial charge in [-0.15, -0.1) is 0 Å². The molecule has 1 N–H and O–H groups in total. The molecule has 1 aromatic carbocycles. The third kappa shape index (κ3) is 1.79. The minimum Gasteiger partial charge on any atom is -0.475 e. The number of carboxylic acids is 1. The van der Waals surface area contributed by atoms with Crippen LogP contribution in [0.3, 0.4) is 0 Å². The lowest BCUT2D eigenvalue weighted by Gasteiger charge is -2.03. The molecule has 1 aromatic heterocycles. The van der Waals surface area contributed by atoms with Gasteiger partial charge in [0.25, 0.3) is 0 Å². The summed E-state index contributed by atoms with van der Waals surface area (Å²) in [6.45, 7) is 0. The number of nitrogens with zero attached hydrogens (tertiary/aromatic N) is 2. The van der Waals surface area contributed by atoms with Gasteiger partial charge in [-0.25, -0.2) is 9.78 Å². The number of rotatable bonds is 2. The predicted molar refractivity (Wildman–Crippen MR) is 60.6 cm³/mol. The highest BCUT2D eigenvalue weighted by molar-refractivity contribution is 6.30. The molecule has 0 spiro atoms. The number of hydrogen-bond acceptors (Lipinski definition) is 2. The fourth-order valence-electron chi connectivity index (χ4n) is 1.50. The minimum absolute atomic E-state index is 0.0185. The second kappa shape index (κ2) is 3.98. The molecule has 0 fully saturated rings. The molecular weight excluding hydrogens is 228 g/mol. The van der Waals surface area contributed by atoms with E-state index in [4.69, 9.17) is 16.7 Å². The van der Waals surface area contributed by atoms with Crippen molar-refractivity contribution in [2.45, 2.75) is 0 Å². The lowest BCUT2D eigenvalue weighted by atomic mass is 10.2. The highest BCUT2D eigenvalue weighted by Gasteiger charge is 2.13. The molecule has 82 valence electrons. The summed E-state index contributed by atoms with van der Waals surface area (Å²) in [6.07, 6.45) is 1.53. The molecule has 0 unspecified atom stereocenters. The number of aromatic carboxylic acids is 1. The topological polar surface area (TPSA) is 55.1 Å². The molecule has 16 heavy (non-hydrogen) atoms. The minimum atomic E-state index is -1.04. The number of benzene rings is 1. The molecule has 2 rings (SSSR count). The molecule has 0 amide bonds. The van der Waals surface area contributed by atoms with Crippen LogP contribution >= 0.6 is 11.6 Å². The summed E-state index contributed by atoms with van der Waals surface area (Å²) in [7, 11) is 1.67. The summed E-state index contributed by atoms with van der Waals surface area (Å²) in [4.78, 5) is 14.7. The van der Waals surface area contributed by atoms with Crippen LogP contribution in [-0.4, -0.2) is 20.6 Å². The molecule has 4 nitrogen and oxygen atoms in total. The normalized spacial score (nSPS) is 10.4. The molecule has 0 aliphatic heterocycles. The van der Waals surface area contributed by atoms with Crippen LogP contribution in [0.5, 0.6) is 0 Å². The van der Waals surface area contributed by atoms with Crippen LogP contribution in [0.25, 0.3) is 11.3 Å². The van der Waals surface area contributed by atoms with E-state index in [1.54, 1.807) is 19.2 Å². The van der Waals surface area contributed by atoms with E-state index in [-0.39, 0.29) is 5.82 Å². The fourth-order valence-corrected chi connectivity index (χ4v) is 1.62. The van der Waals surface area contributed by atoms with E-state index >= 15 is 0 Å². The Morgan fingerprint density at radius 1 is 1.38 bits per heavy atom. The molecule has 5 heteroatoms. The molecular formula is C11H9ClN2O2. The van der Waals surface area contributed by atoms with Gasteiger partial charge in [0.05, 0.1) is 11.9 Å². The number of carbonyl (C=O) groups is 1. The summed E-state index contributed by atoms with van der Waals surface area (Å²) < 4.78 is 1.53. The number of imidazole rings is 1. The van der Waals surface area contributed by atoms with Gasteiger partial charge in [0.1, 0.15) is 0 Å². The van der Waals surface area contributed by atoms with Gasteiger partial charge in [0.15, 0.2) is 0 Å². The van der Waals surface area contributed by atoms with Gasteiger partial charge >= 0.3 is 5.97 Å². The van der Waals surface area contributed by atoms with Gasteiger partial charge in [0, 0.05) is 12.1 Å². The first-order valence-electron chi connectivity index (χ1n) is 4.60. The van der Waals surface area contributed by atoms with Gasteiger partial charge in [-0.1, -0.05) is 23.7 Å². The van der Waals surface area contributed by atoms with Gasteiger partial charge in [-0.3, -0.25) is 0 Å². The van der Waals surface area contributed by atoms with Crippen LogP contribution in [0.1, 0.15) is 10.6 Å². The van der Waals surface area contributed by atoms with Crippen LogP contribution in [0.2, 0.25) is 5.02 Å². The first kappa shape index (κ1) is 10.7. The molecule has 0 radical (unpaired) electrons. The van der Waals surface area contributed by atoms with Gasteiger partial charge in [0.2, 0.25) is 5.82 Å². The van der Waals surface area contributed by atoms with Crippen molar-refractivity contribution in [3.8, 4) is 11.3 Å². The van der Waals surface area contributed by atoms with Crippen molar-refractivity contribution in [2.75, 3.05) is 0 Å². The van der Waals surface area contributed by atoms with Crippen LogP contribution < -0.4 is 0 Å². The second-order valence-electron chi connectivity index (χ2n) is 3.34. The highest BCUT2D eigenvalue weighted by Crippen LogP contribution is 2.21. The number of halogens is 1. The third-order valence-corrected chi connectivity index (χ3v) is 2.57. The smallest absolute Gasteiger partial charge is 0.372 e. The lowest BCUT2D eigenvalue weighted by Crippen LogP contribution is -2.06. The van der Waals surface area contributed by atoms with E-state index in [0.29, 0.717) is 5.02 Å². The van der Waals surface area contributed by atoms with Gasteiger partial charge < -0.3 is 9.67 Å². The summed E-state index contributed by atoms with van der Waals surface area (Å²) in [5.74, 6) is -1.02. The lowest BCUT2D eigenvalue weighted by molar-refractivity contribution is 0.0680. The Morgan fingerprint density at radius 2 is 2.00 bits per heavy atom. The molecule has 0 saturated carbocycles. The second-order valence-corrected chi connectivity index (χ2v) is 3.77. The van der Waals surface area contributed by atoms with Crippen molar-refractivity contribution in [2.24, 2.45) is 7.05 Å². The Kier molecular flexibility index (Phi) is 2.66. The largest absolute Gasteiger partial charge is 0.475 e. The first-order chi connectivity index (χ1) is 7.59. The molecule has 0 bridgehead atoms. The number of hydrogen-bond donors (Lipinski definition) is 1. The average molecular weight is 237 g/mol. The van der Waals surface area contributed by atoms with E-state index in [9.17, 15) is 4.79 Å². The maximum atomic E-state index is 10.8. The van der Waals surface area contributed by atoms with Crippen LogP contribution in [0.4, 0.5) is 0 Å². The summed E-state index contributed by atoms with van der Waals surface area (Å²) in [5.41, 5.74) is 1.63. The SMILES string of the molecule is Cn1c(-c2ccc(Cl)cc2)cnc1C(=O)O. The van der Waals surface area contributed by atoms with E-state index in [0.717, 1.165) is 11.3 Å². The Morgan fingerprint density at radius 3 is 2.50 bits per heavy atom. The van der Waals surface area contributed by atoms with Crippen LogP contribution in [0, 0.1) is 0 Å². The molecule has 0 aliphatic rings. The Balaban J connectivity index is 2.49. The molecule has 1 heterocycles. The maximum Gasteiger partial charge on any atom is 0.372 e. The van der Waals surface area contributed by atoms with E-state index in [1.807, 2.05) is 12.1 Å². The summed E-state index contributed by atoms with van der Waals surface area (Å²) in [5, 5.41) is 9.51. The molecule has 0 aliphatic carbocycles. The van der Waals surface area contributed by atoms with E-state index in [2.05, 4.69) is 4.98 Å². The third-order valence-electron chi connectivity index (χ3n) is 2.32. The Hall–Kier alpha value is -1.81. The predicted octanol–water partition coefficient (Wildman–Crippen LogP) is 2.44. The molecule has 2 aromatic rings. The van der Waals surface area contributed by atoms with Crippen molar-refractivity contribution in [3.05, 3.63) is 41.3 Å². The monoisotopic (exact) mass is 236 g/mol. The van der Waals surface area contributed by atoms with Crippen LogP contribution in [0.15, 0.2) is 30.5 Å². The molecule has 0 atom stereocenters. The Bertz CT molecular complexity index is 531. The van der Waals surface area contributed by atoms with Gasteiger partial charge in [-0.05, 0) is 17.7 Å². The average Bonchev–Trinajstić information content (AvgIpc) is 2.61. The Labute approximate surface area is 97.1 Å². The van der Waals surface area contributed by atoms with Crippen molar-refractivity contribution >= 4 is 17.6 Å². The standard InChI is InChI=1S/C11H9ClN2O2/c1-14-9(6-13-10(14)11(15)16)7-2-4-8(12)5-3-7/h2-6H,1H3,(H,15,16). The maximum absolute atomic E-state index is 10.8. The molecule has 0 saturated heterocycles. The zero-order chi connectivity index (χ0) is 11.7. The first-order valence-corrected chi connectivity index (χ1v) is 4.98. The highest BCUT2D eigenvalue weighted by atomic mass is 35.5. The van der Waals surface area contributed by atoms with Crippen molar-refractivity contribution < 1.29 is 9.90 Å². The van der Waals surface area contributed by atoms with Crippen molar-refractivity contribution in [1.82, 2.24) is 9.55 Å². The number of carboxylic acid groups (broad SMARTS) is 1. The fraction of sp³-hybridized carbons (Fsp3) is 0.0909.